The lowest BCUT2D eigenvalue weighted by molar-refractivity contribution is 0.412. The summed E-state index contributed by atoms with van der Waals surface area (Å²) >= 11 is 3.50. The van der Waals surface area contributed by atoms with E-state index in [-0.39, 0.29) is 0 Å². The molecule has 0 heterocycles. The molecular formula is C18H16BrNO. The van der Waals surface area contributed by atoms with Crippen LogP contribution in [0.3, 0.4) is 0 Å². The Bertz CT molecular complexity index is 770. The third-order valence-corrected chi connectivity index (χ3v) is 4.08. The molecule has 3 aromatic carbocycles. The normalized spacial score (nSPS) is 10.6. The molecule has 3 rings (SSSR count). The molecule has 2 nitrogen and oxygen atoms in total. The zero-order valence-corrected chi connectivity index (χ0v) is 13.4. The SMILES string of the molecule is COc1ccc(NCc2ccc3ccccc3c2)cc1Br. The average Bonchev–Trinajstić information content (AvgIpc) is 2.53. The van der Waals surface area contributed by atoms with Gasteiger partial charge in [0, 0.05) is 12.2 Å². The largest absolute Gasteiger partial charge is 0.496 e. The number of fused-ring (bicyclic) bond motifs is 1. The topological polar surface area (TPSA) is 21.3 Å². The fourth-order valence-electron chi connectivity index (χ4n) is 2.33. The van der Waals surface area contributed by atoms with Gasteiger partial charge in [0.1, 0.15) is 5.75 Å². The maximum Gasteiger partial charge on any atom is 0.133 e. The summed E-state index contributed by atoms with van der Waals surface area (Å²) in [5, 5.41) is 5.97. The van der Waals surface area contributed by atoms with Gasteiger partial charge in [0.15, 0.2) is 0 Å². The number of anilines is 1. The Labute approximate surface area is 132 Å². The first-order chi connectivity index (χ1) is 10.3. The zero-order valence-electron chi connectivity index (χ0n) is 11.8. The highest BCUT2D eigenvalue weighted by atomic mass is 79.9. The molecule has 3 heteroatoms. The lowest BCUT2D eigenvalue weighted by Gasteiger charge is -2.10. The number of hydrogen-bond acceptors (Lipinski definition) is 2. The van der Waals surface area contributed by atoms with Crippen molar-refractivity contribution in [2.45, 2.75) is 6.54 Å². The van der Waals surface area contributed by atoms with Gasteiger partial charge < -0.3 is 10.1 Å². The van der Waals surface area contributed by atoms with Crippen molar-refractivity contribution in [1.29, 1.82) is 0 Å². The lowest BCUT2D eigenvalue weighted by atomic mass is 10.1. The average molecular weight is 342 g/mol. The third-order valence-electron chi connectivity index (χ3n) is 3.46. The van der Waals surface area contributed by atoms with Gasteiger partial charge in [-0.3, -0.25) is 0 Å². The van der Waals surface area contributed by atoms with E-state index < -0.39 is 0 Å². The Hall–Kier alpha value is -2.00. The second-order valence-corrected chi connectivity index (χ2v) is 5.74. The van der Waals surface area contributed by atoms with Crippen molar-refractivity contribution in [3.8, 4) is 5.75 Å². The van der Waals surface area contributed by atoms with E-state index in [2.05, 4.69) is 63.7 Å². The Morgan fingerprint density at radius 1 is 0.952 bits per heavy atom. The predicted molar refractivity (Wildman–Crippen MR) is 92.0 cm³/mol. The summed E-state index contributed by atoms with van der Waals surface area (Å²) in [5.41, 5.74) is 2.33. The highest BCUT2D eigenvalue weighted by Crippen LogP contribution is 2.28. The van der Waals surface area contributed by atoms with Gasteiger partial charge >= 0.3 is 0 Å². The molecule has 0 radical (unpaired) electrons. The van der Waals surface area contributed by atoms with Crippen LogP contribution in [0, 0.1) is 0 Å². The predicted octanol–water partition coefficient (Wildman–Crippen LogP) is 5.22. The van der Waals surface area contributed by atoms with Crippen LogP contribution in [0.4, 0.5) is 5.69 Å². The molecule has 0 saturated carbocycles. The zero-order chi connectivity index (χ0) is 14.7. The Morgan fingerprint density at radius 3 is 2.52 bits per heavy atom. The molecule has 3 aromatic rings. The Balaban J connectivity index is 1.75. The van der Waals surface area contributed by atoms with Gasteiger partial charge in [-0.2, -0.15) is 0 Å². The lowest BCUT2D eigenvalue weighted by Crippen LogP contribution is -1.99. The monoisotopic (exact) mass is 341 g/mol. The second kappa shape index (κ2) is 6.19. The van der Waals surface area contributed by atoms with Crippen LogP contribution < -0.4 is 10.1 Å². The molecule has 21 heavy (non-hydrogen) atoms. The first-order valence-electron chi connectivity index (χ1n) is 6.81. The van der Waals surface area contributed by atoms with Gasteiger partial charge in [0.25, 0.3) is 0 Å². The van der Waals surface area contributed by atoms with Gasteiger partial charge in [0.2, 0.25) is 0 Å². The highest BCUT2D eigenvalue weighted by Gasteiger charge is 2.01. The van der Waals surface area contributed by atoms with Crippen LogP contribution in [-0.2, 0) is 6.54 Å². The number of benzene rings is 3. The number of ether oxygens (including phenoxy) is 1. The standard InChI is InChI=1S/C18H16BrNO/c1-21-18-9-8-16(11-17(18)19)20-12-13-6-7-14-4-2-3-5-15(14)10-13/h2-11,20H,12H2,1H3. The molecule has 0 saturated heterocycles. The van der Waals surface area contributed by atoms with Crippen LogP contribution in [0.1, 0.15) is 5.56 Å². The van der Waals surface area contributed by atoms with Crippen molar-refractivity contribution >= 4 is 32.4 Å². The van der Waals surface area contributed by atoms with Crippen LogP contribution >= 0.6 is 15.9 Å². The van der Waals surface area contributed by atoms with Gasteiger partial charge in [-0.25, -0.2) is 0 Å². The molecule has 0 aliphatic heterocycles. The molecule has 0 unspecified atom stereocenters. The Kier molecular flexibility index (Phi) is 4.11. The maximum absolute atomic E-state index is 5.24. The number of halogens is 1. The molecule has 0 aliphatic rings. The summed E-state index contributed by atoms with van der Waals surface area (Å²) in [4.78, 5) is 0. The molecule has 0 aliphatic carbocycles. The second-order valence-electron chi connectivity index (χ2n) is 4.88. The van der Waals surface area contributed by atoms with Gasteiger partial charge in [-0.15, -0.1) is 0 Å². The third kappa shape index (κ3) is 3.19. The summed E-state index contributed by atoms with van der Waals surface area (Å²) in [6, 6.07) is 21.0. The van der Waals surface area contributed by atoms with E-state index in [0.717, 1.165) is 22.5 Å². The van der Waals surface area contributed by atoms with E-state index in [1.807, 2.05) is 18.2 Å². The van der Waals surface area contributed by atoms with E-state index in [1.54, 1.807) is 7.11 Å². The van der Waals surface area contributed by atoms with Crippen molar-refractivity contribution < 1.29 is 4.74 Å². The molecule has 0 fully saturated rings. The first-order valence-corrected chi connectivity index (χ1v) is 7.60. The van der Waals surface area contributed by atoms with Crippen molar-refractivity contribution in [3.63, 3.8) is 0 Å². The quantitative estimate of drug-likeness (QED) is 0.702. The van der Waals surface area contributed by atoms with Crippen molar-refractivity contribution in [2.75, 3.05) is 12.4 Å². The molecule has 0 atom stereocenters. The van der Waals surface area contributed by atoms with E-state index in [1.165, 1.54) is 16.3 Å². The van der Waals surface area contributed by atoms with Gasteiger partial charge in [0.05, 0.1) is 11.6 Å². The van der Waals surface area contributed by atoms with E-state index in [0.29, 0.717) is 0 Å². The minimum atomic E-state index is 0.795. The summed E-state index contributed by atoms with van der Waals surface area (Å²) in [5.74, 6) is 0.839. The Morgan fingerprint density at radius 2 is 1.76 bits per heavy atom. The van der Waals surface area contributed by atoms with Crippen LogP contribution in [0.15, 0.2) is 65.1 Å². The van der Waals surface area contributed by atoms with Crippen LogP contribution in [-0.4, -0.2) is 7.11 Å². The molecule has 0 amide bonds. The van der Waals surface area contributed by atoms with Crippen molar-refractivity contribution in [3.05, 3.63) is 70.7 Å². The maximum atomic E-state index is 5.24. The van der Waals surface area contributed by atoms with Gasteiger partial charge in [-0.05, 0) is 56.5 Å². The highest BCUT2D eigenvalue weighted by molar-refractivity contribution is 9.10. The van der Waals surface area contributed by atoms with E-state index in [9.17, 15) is 0 Å². The molecule has 0 spiro atoms. The molecule has 106 valence electrons. The fourth-order valence-corrected chi connectivity index (χ4v) is 2.87. The van der Waals surface area contributed by atoms with Gasteiger partial charge in [-0.1, -0.05) is 36.4 Å². The van der Waals surface area contributed by atoms with Crippen LogP contribution in [0.2, 0.25) is 0 Å². The molecule has 1 N–H and O–H groups in total. The van der Waals surface area contributed by atoms with Crippen molar-refractivity contribution in [2.24, 2.45) is 0 Å². The number of rotatable bonds is 4. The summed E-state index contributed by atoms with van der Waals surface area (Å²) < 4.78 is 6.19. The minimum absolute atomic E-state index is 0.795. The summed E-state index contributed by atoms with van der Waals surface area (Å²) in [6.07, 6.45) is 0. The molecule has 0 bridgehead atoms. The number of hydrogen-bond donors (Lipinski definition) is 1. The molecular weight excluding hydrogens is 326 g/mol. The van der Waals surface area contributed by atoms with E-state index in [4.69, 9.17) is 4.74 Å². The number of methoxy groups -OCH3 is 1. The number of nitrogens with one attached hydrogen (secondary N) is 1. The fraction of sp³-hybridized carbons (Fsp3) is 0.111. The van der Waals surface area contributed by atoms with Crippen LogP contribution in [0.25, 0.3) is 10.8 Å². The molecule has 0 aromatic heterocycles. The minimum Gasteiger partial charge on any atom is -0.496 e. The summed E-state index contributed by atoms with van der Waals surface area (Å²) in [7, 11) is 1.67. The smallest absolute Gasteiger partial charge is 0.133 e. The first kappa shape index (κ1) is 14.0. The van der Waals surface area contributed by atoms with Crippen molar-refractivity contribution in [1.82, 2.24) is 0 Å². The van der Waals surface area contributed by atoms with Crippen LogP contribution in [0.5, 0.6) is 5.75 Å². The summed E-state index contributed by atoms with van der Waals surface area (Å²) in [6.45, 7) is 0.795. The van der Waals surface area contributed by atoms with E-state index >= 15 is 0 Å².